The molecule has 0 atom stereocenters. The molecular weight excluding hydrogens is 422 g/mol. The van der Waals surface area contributed by atoms with E-state index in [-0.39, 0.29) is 5.91 Å². The summed E-state index contributed by atoms with van der Waals surface area (Å²) < 4.78 is 0. The van der Waals surface area contributed by atoms with Crippen molar-refractivity contribution < 1.29 is 4.79 Å². The van der Waals surface area contributed by atoms with Crippen LogP contribution in [0.5, 0.6) is 0 Å². The SMILES string of the molecule is Nc1c(C(=O)Nc2ccc(Cl)cc2)sc2nc3c(c(-c4cccs4)c12)CCCC3. The molecule has 0 aliphatic heterocycles. The quantitative estimate of drug-likeness (QED) is 0.388. The number of benzene rings is 1. The summed E-state index contributed by atoms with van der Waals surface area (Å²) in [4.78, 5) is 20.4. The smallest absolute Gasteiger partial charge is 0.267 e. The van der Waals surface area contributed by atoms with Crippen molar-refractivity contribution in [2.45, 2.75) is 25.7 Å². The average Bonchev–Trinajstić information content (AvgIpc) is 3.37. The number of anilines is 2. The van der Waals surface area contributed by atoms with E-state index in [1.807, 2.05) is 0 Å². The van der Waals surface area contributed by atoms with Gasteiger partial charge in [-0.15, -0.1) is 22.7 Å². The van der Waals surface area contributed by atoms with Gasteiger partial charge in [0.2, 0.25) is 0 Å². The van der Waals surface area contributed by atoms with Crippen molar-refractivity contribution in [3.05, 3.63) is 62.9 Å². The first-order valence-corrected chi connectivity index (χ1v) is 11.5. The van der Waals surface area contributed by atoms with E-state index < -0.39 is 0 Å². The highest BCUT2D eigenvalue weighted by Crippen LogP contribution is 2.45. The minimum Gasteiger partial charge on any atom is -0.397 e. The van der Waals surface area contributed by atoms with Crippen LogP contribution in [0.1, 0.15) is 33.8 Å². The first kappa shape index (κ1) is 18.6. The van der Waals surface area contributed by atoms with Gasteiger partial charge < -0.3 is 11.1 Å². The summed E-state index contributed by atoms with van der Waals surface area (Å²) in [7, 11) is 0. The third kappa shape index (κ3) is 3.31. The molecule has 0 saturated heterocycles. The minimum atomic E-state index is -0.220. The number of thiophene rings is 2. The van der Waals surface area contributed by atoms with Crippen molar-refractivity contribution in [1.29, 1.82) is 0 Å². The number of rotatable bonds is 3. The van der Waals surface area contributed by atoms with Crippen LogP contribution in [0, 0.1) is 0 Å². The van der Waals surface area contributed by atoms with E-state index in [0.717, 1.165) is 41.6 Å². The number of nitrogens with two attached hydrogens (primary N) is 1. The largest absolute Gasteiger partial charge is 0.397 e. The highest BCUT2D eigenvalue weighted by Gasteiger charge is 2.26. The van der Waals surface area contributed by atoms with E-state index in [2.05, 4.69) is 22.8 Å². The third-order valence-corrected chi connectivity index (χ3v) is 7.47. The van der Waals surface area contributed by atoms with Crippen LogP contribution in [-0.2, 0) is 12.8 Å². The number of halogens is 1. The molecule has 0 saturated carbocycles. The van der Waals surface area contributed by atoms with Gasteiger partial charge >= 0.3 is 0 Å². The predicted molar refractivity (Wildman–Crippen MR) is 123 cm³/mol. The van der Waals surface area contributed by atoms with Crippen LogP contribution in [0.3, 0.4) is 0 Å². The molecule has 3 aromatic heterocycles. The number of fused-ring (bicyclic) bond motifs is 2. The Kier molecular flexibility index (Phi) is 4.78. The second-order valence-corrected chi connectivity index (χ2v) is 9.47. The lowest BCUT2D eigenvalue weighted by molar-refractivity contribution is 0.103. The summed E-state index contributed by atoms with van der Waals surface area (Å²) in [5.74, 6) is -0.220. The molecule has 0 fully saturated rings. The fourth-order valence-electron chi connectivity index (χ4n) is 3.89. The van der Waals surface area contributed by atoms with E-state index in [1.165, 1.54) is 27.3 Å². The maximum atomic E-state index is 13.0. The van der Waals surface area contributed by atoms with Gasteiger partial charge in [-0.25, -0.2) is 4.98 Å². The molecule has 5 rings (SSSR count). The van der Waals surface area contributed by atoms with Crippen molar-refractivity contribution in [1.82, 2.24) is 4.98 Å². The number of carbonyl (C=O) groups is 1. The van der Waals surface area contributed by atoms with E-state index in [9.17, 15) is 4.79 Å². The van der Waals surface area contributed by atoms with Gasteiger partial charge in [0.1, 0.15) is 9.71 Å². The van der Waals surface area contributed by atoms with Gasteiger partial charge in [0, 0.05) is 32.2 Å². The summed E-state index contributed by atoms with van der Waals surface area (Å²) in [6, 6.07) is 11.2. The number of amides is 1. The highest BCUT2D eigenvalue weighted by atomic mass is 35.5. The summed E-state index contributed by atoms with van der Waals surface area (Å²) >= 11 is 9.01. The highest BCUT2D eigenvalue weighted by molar-refractivity contribution is 7.21. The number of carbonyl (C=O) groups excluding carboxylic acids is 1. The van der Waals surface area contributed by atoms with Crippen molar-refractivity contribution in [2.75, 3.05) is 11.1 Å². The van der Waals surface area contributed by atoms with Crippen LogP contribution >= 0.6 is 34.3 Å². The Balaban J connectivity index is 1.65. The van der Waals surface area contributed by atoms with Crippen LogP contribution < -0.4 is 11.1 Å². The second kappa shape index (κ2) is 7.44. The van der Waals surface area contributed by atoms with Crippen LogP contribution in [0.4, 0.5) is 11.4 Å². The number of hydrogen-bond donors (Lipinski definition) is 2. The number of nitrogen functional groups attached to an aromatic ring is 1. The first-order chi connectivity index (χ1) is 14.1. The Morgan fingerprint density at radius 3 is 2.69 bits per heavy atom. The molecule has 0 bridgehead atoms. The zero-order valence-electron chi connectivity index (χ0n) is 15.5. The van der Waals surface area contributed by atoms with Crippen LogP contribution in [0.2, 0.25) is 5.02 Å². The molecule has 4 nitrogen and oxygen atoms in total. The standard InChI is InChI=1S/C22H18ClN3OS2/c23-12-7-9-13(10-8-12)25-21(27)20-19(24)18-17(16-6-3-11-28-16)14-4-1-2-5-15(14)26-22(18)29-20/h3,6-11H,1-2,4-5,24H2,(H,25,27). The molecule has 1 aliphatic carbocycles. The number of pyridine rings is 1. The summed E-state index contributed by atoms with van der Waals surface area (Å²) in [6.07, 6.45) is 4.30. The molecule has 29 heavy (non-hydrogen) atoms. The Morgan fingerprint density at radius 2 is 1.93 bits per heavy atom. The molecule has 3 heterocycles. The number of nitrogens with one attached hydrogen (secondary N) is 1. The van der Waals surface area contributed by atoms with E-state index in [1.54, 1.807) is 35.6 Å². The average molecular weight is 440 g/mol. The molecule has 4 aromatic rings. The number of hydrogen-bond acceptors (Lipinski definition) is 5. The zero-order chi connectivity index (χ0) is 20.0. The molecule has 1 amide bonds. The lowest BCUT2D eigenvalue weighted by atomic mass is 9.90. The zero-order valence-corrected chi connectivity index (χ0v) is 17.9. The molecule has 146 valence electrons. The van der Waals surface area contributed by atoms with Crippen molar-refractivity contribution in [2.24, 2.45) is 0 Å². The van der Waals surface area contributed by atoms with Crippen molar-refractivity contribution >= 4 is 61.8 Å². The number of aromatic nitrogens is 1. The molecule has 3 N–H and O–H groups in total. The van der Waals surface area contributed by atoms with Gasteiger partial charge in [-0.3, -0.25) is 4.79 Å². The molecule has 0 spiro atoms. The Hall–Kier alpha value is -2.41. The maximum absolute atomic E-state index is 13.0. The topological polar surface area (TPSA) is 68.0 Å². The van der Waals surface area contributed by atoms with Crippen LogP contribution in [0.15, 0.2) is 41.8 Å². The van der Waals surface area contributed by atoms with Crippen molar-refractivity contribution in [3.8, 4) is 10.4 Å². The predicted octanol–water partition coefficient (Wildman–Crippen LogP) is 6.39. The van der Waals surface area contributed by atoms with E-state index in [0.29, 0.717) is 21.3 Å². The van der Waals surface area contributed by atoms with Gasteiger partial charge in [0.25, 0.3) is 5.91 Å². The summed E-state index contributed by atoms with van der Waals surface area (Å²) in [5.41, 5.74) is 11.4. The maximum Gasteiger partial charge on any atom is 0.267 e. The first-order valence-electron chi connectivity index (χ1n) is 9.46. The Bertz CT molecular complexity index is 1210. The Morgan fingerprint density at radius 1 is 1.14 bits per heavy atom. The van der Waals surface area contributed by atoms with Gasteiger partial charge in [0.15, 0.2) is 0 Å². The lowest BCUT2D eigenvalue weighted by Gasteiger charge is -2.19. The minimum absolute atomic E-state index is 0.220. The third-order valence-electron chi connectivity index (χ3n) is 5.23. The van der Waals surface area contributed by atoms with E-state index in [4.69, 9.17) is 22.3 Å². The lowest BCUT2D eigenvalue weighted by Crippen LogP contribution is -2.12. The molecule has 7 heteroatoms. The molecule has 0 unspecified atom stereocenters. The molecular formula is C22H18ClN3OS2. The van der Waals surface area contributed by atoms with Gasteiger partial charge in [-0.05, 0) is 67.0 Å². The fourth-order valence-corrected chi connectivity index (χ4v) is 5.84. The molecule has 0 radical (unpaired) electrons. The second-order valence-electron chi connectivity index (χ2n) is 7.08. The monoisotopic (exact) mass is 439 g/mol. The summed E-state index contributed by atoms with van der Waals surface area (Å²) in [5, 5.41) is 6.54. The van der Waals surface area contributed by atoms with Gasteiger partial charge in [-0.1, -0.05) is 17.7 Å². The molecule has 1 aliphatic rings. The van der Waals surface area contributed by atoms with Gasteiger partial charge in [-0.2, -0.15) is 0 Å². The van der Waals surface area contributed by atoms with Crippen LogP contribution in [-0.4, -0.2) is 10.9 Å². The number of nitrogens with zero attached hydrogens (tertiary/aromatic N) is 1. The van der Waals surface area contributed by atoms with Crippen LogP contribution in [0.25, 0.3) is 20.7 Å². The fraction of sp³-hybridized carbons (Fsp3) is 0.182. The van der Waals surface area contributed by atoms with Crippen molar-refractivity contribution in [3.63, 3.8) is 0 Å². The van der Waals surface area contributed by atoms with E-state index >= 15 is 0 Å². The summed E-state index contributed by atoms with van der Waals surface area (Å²) in [6.45, 7) is 0. The normalized spacial score (nSPS) is 13.4. The molecule has 1 aromatic carbocycles. The number of aryl methyl sites for hydroxylation is 1. The van der Waals surface area contributed by atoms with Gasteiger partial charge in [0.05, 0.1) is 5.69 Å². The Labute approximate surface area is 181 Å².